The molecular weight excluding hydrogens is 310 g/mol. The number of ether oxygens (including phenoxy) is 1. The number of hydrogen-bond acceptors (Lipinski definition) is 3. The average molecular weight is 325 g/mol. The fourth-order valence-electron chi connectivity index (χ4n) is 3.98. The molecule has 2 aliphatic rings. The zero-order chi connectivity index (χ0) is 16.4. The molecule has 1 unspecified atom stereocenters. The Morgan fingerprint density at radius 3 is 2.88 bits per heavy atom. The Kier molecular flexibility index (Phi) is 2.42. The third-order valence-corrected chi connectivity index (χ3v) is 5.15. The van der Waals surface area contributed by atoms with Gasteiger partial charge >= 0.3 is 0 Å². The maximum atomic E-state index is 6.45. The lowest BCUT2D eigenvalue weighted by molar-refractivity contribution is 0.158. The maximum absolute atomic E-state index is 6.45. The van der Waals surface area contributed by atoms with Crippen LogP contribution in [0.1, 0.15) is 11.8 Å². The van der Waals surface area contributed by atoms with Crippen molar-refractivity contribution in [2.75, 3.05) is 5.32 Å². The first-order valence-electron chi connectivity index (χ1n) is 8.48. The van der Waals surface area contributed by atoms with Crippen LogP contribution < -0.4 is 10.1 Å². The first-order valence-corrected chi connectivity index (χ1v) is 8.48. The predicted molar refractivity (Wildman–Crippen MR) is 98.8 cm³/mol. The first kappa shape index (κ1) is 13.1. The number of hydrogen-bond donors (Lipinski definition) is 1. The molecule has 3 heterocycles. The lowest BCUT2D eigenvalue weighted by atomic mass is 9.94. The van der Waals surface area contributed by atoms with Crippen LogP contribution in [0.2, 0.25) is 0 Å². The molecule has 1 atom stereocenters. The summed E-state index contributed by atoms with van der Waals surface area (Å²) >= 11 is 0. The fraction of sp³-hybridized carbons (Fsp3) is 0.0952. The second kappa shape index (κ2) is 4.63. The molecule has 4 aromatic rings. The summed E-state index contributed by atoms with van der Waals surface area (Å²) in [5, 5.41) is 5.86. The van der Waals surface area contributed by atoms with Gasteiger partial charge in [-0.2, -0.15) is 0 Å². The Bertz CT molecular complexity index is 1190. The van der Waals surface area contributed by atoms with Crippen molar-refractivity contribution in [3.05, 3.63) is 78.0 Å². The van der Waals surface area contributed by atoms with Crippen molar-refractivity contribution in [2.45, 2.75) is 12.6 Å². The minimum atomic E-state index is -0.141. The van der Waals surface area contributed by atoms with Crippen molar-refractivity contribution in [2.24, 2.45) is 0 Å². The van der Waals surface area contributed by atoms with E-state index in [4.69, 9.17) is 4.74 Å². The van der Waals surface area contributed by atoms with E-state index in [0.717, 1.165) is 29.2 Å². The Morgan fingerprint density at radius 2 is 1.88 bits per heavy atom. The molecule has 6 rings (SSSR count). The van der Waals surface area contributed by atoms with Gasteiger partial charge in [-0.15, -0.1) is 0 Å². The van der Waals surface area contributed by atoms with Crippen molar-refractivity contribution < 1.29 is 4.74 Å². The largest absolute Gasteiger partial charge is 0.466 e. The lowest BCUT2D eigenvalue weighted by Crippen LogP contribution is -2.28. The molecule has 0 fully saturated rings. The molecule has 1 aromatic heterocycles. The molecule has 0 amide bonds. The number of anilines is 1. The average Bonchev–Trinajstić information content (AvgIpc) is 3.05. The van der Waals surface area contributed by atoms with Crippen LogP contribution in [0.15, 0.2) is 72.4 Å². The second-order valence-corrected chi connectivity index (χ2v) is 6.57. The van der Waals surface area contributed by atoms with Crippen LogP contribution in [0.3, 0.4) is 0 Å². The number of benzene rings is 3. The maximum Gasteiger partial charge on any atom is 0.211 e. The highest BCUT2D eigenvalue weighted by molar-refractivity contribution is 5.88. The van der Waals surface area contributed by atoms with Gasteiger partial charge in [0.1, 0.15) is 5.75 Å². The van der Waals surface area contributed by atoms with Crippen LogP contribution in [-0.2, 0) is 6.42 Å². The predicted octanol–water partition coefficient (Wildman–Crippen LogP) is 4.63. The molecule has 2 aliphatic heterocycles. The molecule has 0 spiro atoms. The van der Waals surface area contributed by atoms with Crippen molar-refractivity contribution in [1.29, 1.82) is 0 Å². The summed E-state index contributed by atoms with van der Waals surface area (Å²) in [5.74, 6) is 1.80. The Balaban J connectivity index is 1.56. The lowest BCUT2D eigenvalue weighted by Gasteiger charge is -2.33. The van der Waals surface area contributed by atoms with E-state index in [-0.39, 0.29) is 6.23 Å². The fourth-order valence-corrected chi connectivity index (χ4v) is 3.98. The number of nitrogens with one attached hydrogen (secondary N) is 1. The zero-order valence-electron chi connectivity index (χ0n) is 13.4. The molecular formula is C21H15N3O. The van der Waals surface area contributed by atoms with E-state index in [2.05, 4.69) is 63.5 Å². The van der Waals surface area contributed by atoms with Crippen LogP contribution >= 0.6 is 0 Å². The summed E-state index contributed by atoms with van der Waals surface area (Å²) in [4.78, 5) is 4.68. The van der Waals surface area contributed by atoms with E-state index in [1.807, 2.05) is 18.2 Å². The van der Waals surface area contributed by atoms with Gasteiger partial charge in [-0.3, -0.25) is 4.57 Å². The highest BCUT2D eigenvalue weighted by atomic mass is 16.5. The van der Waals surface area contributed by atoms with Crippen LogP contribution in [0.5, 0.6) is 5.75 Å². The molecule has 0 aliphatic carbocycles. The van der Waals surface area contributed by atoms with Crippen LogP contribution in [0.25, 0.3) is 21.8 Å². The molecule has 0 saturated heterocycles. The van der Waals surface area contributed by atoms with Crippen LogP contribution in [-0.4, -0.2) is 9.55 Å². The third kappa shape index (κ3) is 1.74. The molecule has 120 valence electrons. The monoisotopic (exact) mass is 325 g/mol. The van der Waals surface area contributed by atoms with Crippen LogP contribution in [0, 0.1) is 0 Å². The summed E-state index contributed by atoms with van der Waals surface area (Å²) in [6.07, 6.45) is 2.79. The van der Waals surface area contributed by atoms with Gasteiger partial charge in [0, 0.05) is 23.8 Å². The number of rotatable bonds is 0. The number of nitrogens with zero attached hydrogens (tertiary/aromatic N) is 2. The van der Waals surface area contributed by atoms with E-state index < -0.39 is 0 Å². The van der Waals surface area contributed by atoms with Crippen molar-refractivity contribution in [3.63, 3.8) is 0 Å². The van der Waals surface area contributed by atoms with E-state index in [9.17, 15) is 0 Å². The van der Waals surface area contributed by atoms with Gasteiger partial charge in [0.05, 0.1) is 11.0 Å². The Labute approximate surface area is 144 Å². The molecule has 4 heteroatoms. The second-order valence-electron chi connectivity index (χ2n) is 6.57. The molecule has 1 N–H and O–H groups in total. The summed E-state index contributed by atoms with van der Waals surface area (Å²) in [6, 6.07) is 20.9. The Morgan fingerprint density at radius 1 is 1.00 bits per heavy atom. The SMILES string of the molecule is C1=C2Cc3c(ccc4ccccc34)OC2n2c(nc3ccccc32)N1. The van der Waals surface area contributed by atoms with E-state index in [1.165, 1.54) is 21.9 Å². The van der Waals surface area contributed by atoms with E-state index in [0.29, 0.717) is 0 Å². The van der Waals surface area contributed by atoms with Gasteiger partial charge < -0.3 is 10.1 Å². The molecule has 4 nitrogen and oxygen atoms in total. The van der Waals surface area contributed by atoms with Gasteiger partial charge in [0.2, 0.25) is 12.2 Å². The van der Waals surface area contributed by atoms with Crippen molar-refractivity contribution in [1.82, 2.24) is 9.55 Å². The van der Waals surface area contributed by atoms with Crippen molar-refractivity contribution in [3.8, 4) is 5.75 Å². The van der Waals surface area contributed by atoms with E-state index in [1.54, 1.807) is 0 Å². The van der Waals surface area contributed by atoms with Crippen molar-refractivity contribution >= 4 is 27.8 Å². The molecule has 0 saturated carbocycles. The topological polar surface area (TPSA) is 39.1 Å². The third-order valence-electron chi connectivity index (χ3n) is 5.15. The number of aromatic nitrogens is 2. The van der Waals surface area contributed by atoms with Gasteiger partial charge in [-0.05, 0) is 29.0 Å². The first-order chi connectivity index (χ1) is 12.4. The number of para-hydroxylation sites is 2. The quantitative estimate of drug-likeness (QED) is 0.512. The van der Waals surface area contributed by atoms with Gasteiger partial charge in [0.15, 0.2) is 0 Å². The highest BCUT2D eigenvalue weighted by Crippen LogP contribution is 2.43. The Hall–Kier alpha value is -3.27. The molecule has 0 bridgehead atoms. The van der Waals surface area contributed by atoms with Gasteiger partial charge in [-0.1, -0.05) is 42.5 Å². The smallest absolute Gasteiger partial charge is 0.211 e. The molecule has 3 aromatic carbocycles. The number of fused-ring (bicyclic) bond motifs is 8. The summed E-state index contributed by atoms with van der Waals surface area (Å²) in [6.45, 7) is 0. The summed E-state index contributed by atoms with van der Waals surface area (Å²) in [7, 11) is 0. The van der Waals surface area contributed by atoms with Gasteiger partial charge in [0.25, 0.3) is 0 Å². The number of imidazole rings is 1. The zero-order valence-corrected chi connectivity index (χ0v) is 13.4. The normalized spacial score (nSPS) is 17.9. The van der Waals surface area contributed by atoms with Gasteiger partial charge in [-0.25, -0.2) is 4.98 Å². The molecule has 25 heavy (non-hydrogen) atoms. The molecule has 0 radical (unpaired) electrons. The highest BCUT2D eigenvalue weighted by Gasteiger charge is 2.32. The minimum Gasteiger partial charge on any atom is -0.466 e. The summed E-state index contributed by atoms with van der Waals surface area (Å²) < 4.78 is 8.61. The van der Waals surface area contributed by atoms with E-state index >= 15 is 0 Å². The standard InChI is InChI=1S/C21H15N3O/c1-2-6-15-13(5-1)9-10-19-16(15)11-14-12-22-21-23-17-7-3-4-8-18(17)24(21)20(14)25-19/h1-10,12,20H,11H2,(H,22,23). The minimum absolute atomic E-state index is 0.141. The summed E-state index contributed by atoms with van der Waals surface area (Å²) in [5.41, 5.74) is 4.55. The van der Waals surface area contributed by atoms with Crippen LogP contribution in [0.4, 0.5) is 5.95 Å².